The summed E-state index contributed by atoms with van der Waals surface area (Å²) in [5.41, 5.74) is 5.01. The maximum Gasteiger partial charge on any atom is 0.142 e. The summed E-state index contributed by atoms with van der Waals surface area (Å²) in [5.74, 6) is 1.70. The van der Waals surface area contributed by atoms with Gasteiger partial charge in [-0.1, -0.05) is 29.8 Å². The highest BCUT2D eigenvalue weighted by Crippen LogP contribution is 2.40. The van der Waals surface area contributed by atoms with Crippen LogP contribution in [0.4, 0.5) is 0 Å². The third-order valence-corrected chi connectivity index (χ3v) is 5.94. The van der Waals surface area contributed by atoms with Crippen molar-refractivity contribution >= 4 is 17.4 Å². The van der Waals surface area contributed by atoms with Crippen LogP contribution in [0.3, 0.4) is 0 Å². The maximum absolute atomic E-state index is 11.2. The molecule has 3 rings (SSSR count). The first-order valence-electron chi connectivity index (χ1n) is 10.8. The SMILES string of the molecule is CCOc1cc(O[C@H]2CCc3c(C)cccc32)c(Cl)cc1CN(C)CCCC(C)=O. The van der Waals surface area contributed by atoms with Gasteiger partial charge in [-0.05, 0) is 76.4 Å². The van der Waals surface area contributed by atoms with E-state index in [1.807, 2.05) is 26.1 Å². The van der Waals surface area contributed by atoms with Crippen LogP contribution in [0.15, 0.2) is 30.3 Å². The number of carbonyl (C=O) groups excluding carboxylic acids is 1. The maximum atomic E-state index is 11.2. The van der Waals surface area contributed by atoms with Gasteiger partial charge in [0, 0.05) is 24.6 Å². The number of hydrogen-bond donors (Lipinski definition) is 0. The second-order valence-corrected chi connectivity index (χ2v) is 8.56. The van der Waals surface area contributed by atoms with Crippen LogP contribution in [0, 0.1) is 6.92 Å². The lowest BCUT2D eigenvalue weighted by atomic mass is 10.0. The third kappa shape index (κ3) is 5.55. The average molecular weight is 430 g/mol. The summed E-state index contributed by atoms with van der Waals surface area (Å²) in [5, 5.41) is 0.603. The minimum Gasteiger partial charge on any atom is -0.493 e. The lowest BCUT2D eigenvalue weighted by Crippen LogP contribution is -2.20. The van der Waals surface area contributed by atoms with Gasteiger partial charge in [-0.25, -0.2) is 0 Å². The minimum atomic E-state index is 0.0204. The Morgan fingerprint density at radius 3 is 2.80 bits per heavy atom. The molecule has 0 saturated heterocycles. The molecule has 0 aromatic heterocycles. The molecular weight excluding hydrogens is 398 g/mol. The fraction of sp³-hybridized carbons (Fsp3) is 0.480. The number of nitrogens with zero attached hydrogens (tertiary/aromatic N) is 1. The minimum absolute atomic E-state index is 0.0204. The van der Waals surface area contributed by atoms with Crippen LogP contribution < -0.4 is 9.47 Å². The summed E-state index contributed by atoms with van der Waals surface area (Å²) in [6.45, 7) is 7.90. The first-order valence-corrected chi connectivity index (χ1v) is 11.1. The summed E-state index contributed by atoms with van der Waals surface area (Å²) in [6.07, 6.45) is 3.48. The number of rotatable bonds is 10. The first-order chi connectivity index (χ1) is 14.4. The monoisotopic (exact) mass is 429 g/mol. The molecule has 0 fully saturated rings. The predicted octanol–water partition coefficient (Wildman–Crippen LogP) is 5.91. The van der Waals surface area contributed by atoms with Crippen LogP contribution in [0.2, 0.25) is 5.02 Å². The van der Waals surface area contributed by atoms with E-state index in [0.29, 0.717) is 30.3 Å². The van der Waals surface area contributed by atoms with Gasteiger partial charge in [-0.15, -0.1) is 0 Å². The number of carbonyl (C=O) groups is 1. The zero-order valence-corrected chi connectivity index (χ0v) is 19.2. The number of fused-ring (bicyclic) bond motifs is 1. The van der Waals surface area contributed by atoms with E-state index >= 15 is 0 Å². The number of ether oxygens (including phenoxy) is 2. The Morgan fingerprint density at radius 2 is 2.07 bits per heavy atom. The van der Waals surface area contributed by atoms with E-state index in [2.05, 4.69) is 30.0 Å². The van der Waals surface area contributed by atoms with Gasteiger partial charge in [0.1, 0.15) is 23.4 Å². The van der Waals surface area contributed by atoms with Gasteiger partial charge in [0.05, 0.1) is 11.6 Å². The molecule has 0 aliphatic heterocycles. The van der Waals surface area contributed by atoms with Crippen molar-refractivity contribution in [1.29, 1.82) is 0 Å². The highest BCUT2D eigenvalue weighted by molar-refractivity contribution is 6.32. The highest BCUT2D eigenvalue weighted by atomic mass is 35.5. The molecule has 0 N–H and O–H groups in total. The van der Waals surface area contributed by atoms with E-state index < -0.39 is 0 Å². The van der Waals surface area contributed by atoms with E-state index in [0.717, 1.165) is 37.1 Å². The van der Waals surface area contributed by atoms with Crippen molar-refractivity contribution in [3.63, 3.8) is 0 Å². The third-order valence-electron chi connectivity index (χ3n) is 5.64. The van der Waals surface area contributed by atoms with Crippen molar-refractivity contribution < 1.29 is 14.3 Å². The Labute approximate surface area is 185 Å². The molecule has 1 aliphatic carbocycles. The van der Waals surface area contributed by atoms with E-state index in [1.54, 1.807) is 6.92 Å². The normalized spacial score (nSPS) is 15.3. The molecule has 0 bridgehead atoms. The van der Waals surface area contributed by atoms with Gasteiger partial charge in [0.2, 0.25) is 0 Å². The molecule has 1 atom stereocenters. The molecule has 0 heterocycles. The molecule has 0 radical (unpaired) electrons. The number of halogens is 1. The summed E-state index contributed by atoms with van der Waals surface area (Å²) in [6, 6.07) is 10.3. The van der Waals surface area contributed by atoms with E-state index in [1.165, 1.54) is 16.7 Å². The van der Waals surface area contributed by atoms with Crippen molar-refractivity contribution in [2.24, 2.45) is 0 Å². The number of Topliss-reactive ketones (excluding diaryl/α,β-unsaturated/α-hetero) is 1. The van der Waals surface area contributed by atoms with Crippen molar-refractivity contribution in [2.75, 3.05) is 20.2 Å². The summed E-state index contributed by atoms with van der Waals surface area (Å²) >= 11 is 6.62. The second-order valence-electron chi connectivity index (χ2n) is 8.15. The van der Waals surface area contributed by atoms with Crippen LogP contribution in [0.25, 0.3) is 0 Å². The molecule has 4 nitrogen and oxygen atoms in total. The van der Waals surface area contributed by atoms with E-state index in [4.69, 9.17) is 21.1 Å². The summed E-state index contributed by atoms with van der Waals surface area (Å²) < 4.78 is 12.3. The van der Waals surface area contributed by atoms with Crippen molar-refractivity contribution in [3.05, 3.63) is 57.6 Å². The zero-order chi connectivity index (χ0) is 21.7. The average Bonchev–Trinajstić information content (AvgIpc) is 3.09. The first kappa shape index (κ1) is 22.6. The zero-order valence-electron chi connectivity index (χ0n) is 18.5. The van der Waals surface area contributed by atoms with Crippen molar-refractivity contribution in [3.8, 4) is 11.5 Å². The number of hydrogen-bond acceptors (Lipinski definition) is 4. The molecule has 0 amide bonds. The second kappa shape index (κ2) is 10.3. The molecule has 2 aromatic rings. The largest absolute Gasteiger partial charge is 0.493 e. The number of benzene rings is 2. The van der Waals surface area contributed by atoms with Gasteiger partial charge < -0.3 is 19.2 Å². The van der Waals surface area contributed by atoms with Crippen LogP contribution in [0.1, 0.15) is 61.5 Å². The van der Waals surface area contributed by atoms with Gasteiger partial charge in [0.25, 0.3) is 0 Å². The van der Waals surface area contributed by atoms with Crippen LogP contribution >= 0.6 is 11.6 Å². The Morgan fingerprint density at radius 1 is 1.27 bits per heavy atom. The Balaban J connectivity index is 1.75. The van der Waals surface area contributed by atoms with Crippen molar-refractivity contribution in [1.82, 2.24) is 4.90 Å². The quantitative estimate of drug-likeness (QED) is 0.470. The van der Waals surface area contributed by atoms with Gasteiger partial charge in [0.15, 0.2) is 0 Å². The van der Waals surface area contributed by atoms with Crippen molar-refractivity contribution in [2.45, 2.75) is 59.1 Å². The molecule has 0 unspecified atom stereocenters. The Hall–Kier alpha value is -2.04. The summed E-state index contributed by atoms with van der Waals surface area (Å²) in [4.78, 5) is 13.4. The fourth-order valence-electron chi connectivity index (χ4n) is 4.12. The lowest BCUT2D eigenvalue weighted by Gasteiger charge is -2.21. The van der Waals surface area contributed by atoms with Crippen LogP contribution in [-0.4, -0.2) is 30.9 Å². The standard InChI is InChI=1S/C25H32ClNO3/c1-5-29-24-15-25(30-23-12-11-20-17(2)8-6-10-21(20)23)22(26)14-19(24)16-27(4)13-7-9-18(3)28/h6,8,10,14-15,23H,5,7,9,11-13,16H2,1-4H3/t23-/m0/s1. The van der Waals surface area contributed by atoms with Gasteiger partial charge in [-0.3, -0.25) is 0 Å². The molecule has 1 aliphatic rings. The van der Waals surface area contributed by atoms with Gasteiger partial charge >= 0.3 is 0 Å². The Bertz CT molecular complexity index is 896. The Kier molecular flexibility index (Phi) is 7.79. The topological polar surface area (TPSA) is 38.8 Å². The van der Waals surface area contributed by atoms with Crippen LogP contribution in [0.5, 0.6) is 11.5 Å². The van der Waals surface area contributed by atoms with E-state index in [-0.39, 0.29) is 11.9 Å². The molecule has 0 spiro atoms. The molecular formula is C25H32ClNO3. The molecule has 2 aromatic carbocycles. The van der Waals surface area contributed by atoms with Gasteiger partial charge in [-0.2, -0.15) is 0 Å². The lowest BCUT2D eigenvalue weighted by molar-refractivity contribution is -0.117. The molecule has 0 saturated carbocycles. The smallest absolute Gasteiger partial charge is 0.142 e. The van der Waals surface area contributed by atoms with Crippen LogP contribution in [-0.2, 0) is 17.8 Å². The molecule has 5 heteroatoms. The highest BCUT2D eigenvalue weighted by Gasteiger charge is 2.26. The number of aryl methyl sites for hydroxylation is 1. The summed E-state index contributed by atoms with van der Waals surface area (Å²) in [7, 11) is 2.05. The fourth-order valence-corrected chi connectivity index (χ4v) is 4.35. The molecule has 162 valence electrons. The van der Waals surface area contributed by atoms with E-state index in [9.17, 15) is 4.79 Å². The molecule has 30 heavy (non-hydrogen) atoms. The predicted molar refractivity (Wildman–Crippen MR) is 122 cm³/mol. The number of ketones is 1.